The number of rotatable bonds is 8. The second kappa shape index (κ2) is 10.6. The minimum absolute atomic E-state index is 0.111. The minimum atomic E-state index is -0.374. The molecule has 0 radical (unpaired) electrons. The van der Waals surface area contributed by atoms with E-state index in [0.717, 1.165) is 19.3 Å². The molecule has 1 saturated heterocycles. The normalized spacial score (nSPS) is 18.3. The van der Waals surface area contributed by atoms with Crippen LogP contribution in [0.15, 0.2) is 54.6 Å². The van der Waals surface area contributed by atoms with Crippen LogP contribution in [0.25, 0.3) is 0 Å². The second-order valence-corrected chi connectivity index (χ2v) is 9.91. The van der Waals surface area contributed by atoms with Gasteiger partial charge in [-0.25, -0.2) is 0 Å². The summed E-state index contributed by atoms with van der Waals surface area (Å²) < 4.78 is 0. The third-order valence-electron chi connectivity index (χ3n) is 5.94. The van der Waals surface area contributed by atoms with Gasteiger partial charge in [-0.05, 0) is 57.2 Å². The molecule has 0 saturated carbocycles. The first kappa shape index (κ1) is 24.5. The van der Waals surface area contributed by atoms with Crippen molar-refractivity contribution in [2.45, 2.75) is 52.5 Å². The molecule has 6 nitrogen and oxygen atoms in total. The van der Waals surface area contributed by atoms with E-state index in [-0.39, 0.29) is 29.8 Å². The number of anilines is 1. The molecule has 2 unspecified atom stereocenters. The molecule has 1 fully saturated rings. The van der Waals surface area contributed by atoms with Crippen LogP contribution >= 0.6 is 0 Å². The van der Waals surface area contributed by atoms with Gasteiger partial charge in [-0.2, -0.15) is 0 Å². The zero-order chi connectivity index (χ0) is 24.0. The number of likely N-dealkylation sites (tertiary alicyclic amines) is 1. The van der Waals surface area contributed by atoms with Crippen LogP contribution in [0.4, 0.5) is 5.69 Å². The highest BCUT2D eigenvalue weighted by atomic mass is 16.2. The van der Waals surface area contributed by atoms with Gasteiger partial charge in [-0.1, -0.05) is 55.8 Å². The van der Waals surface area contributed by atoms with E-state index in [1.165, 1.54) is 5.56 Å². The Morgan fingerprint density at radius 1 is 1.06 bits per heavy atom. The molecule has 3 N–H and O–H groups in total. The monoisotopic (exact) mass is 448 g/mol. The van der Waals surface area contributed by atoms with E-state index in [2.05, 4.69) is 29.7 Å². The number of carbonyl (C=O) groups excluding carboxylic acids is 2. The molecule has 6 heteroatoms. The van der Waals surface area contributed by atoms with Crippen molar-refractivity contribution >= 4 is 23.3 Å². The summed E-state index contributed by atoms with van der Waals surface area (Å²) in [6.45, 7) is 8.75. The van der Waals surface area contributed by atoms with E-state index < -0.39 is 0 Å². The number of nitrogens with one attached hydrogen (secondary N) is 3. The first-order valence-electron chi connectivity index (χ1n) is 11.8. The Labute approximate surface area is 197 Å². The Morgan fingerprint density at radius 3 is 2.39 bits per heavy atom. The molecule has 0 aliphatic carbocycles. The van der Waals surface area contributed by atoms with Crippen LogP contribution in [0.1, 0.15) is 56.5 Å². The molecule has 0 aromatic heterocycles. The van der Waals surface area contributed by atoms with Crippen LogP contribution in [-0.2, 0) is 11.2 Å². The molecule has 3 rings (SSSR count). The van der Waals surface area contributed by atoms with Crippen LogP contribution in [0.5, 0.6) is 0 Å². The van der Waals surface area contributed by atoms with Crippen molar-refractivity contribution in [2.75, 3.05) is 18.4 Å². The summed E-state index contributed by atoms with van der Waals surface area (Å²) in [5.74, 6) is 0.571. The Bertz CT molecular complexity index is 981. The molecule has 0 spiro atoms. The van der Waals surface area contributed by atoms with Crippen LogP contribution in [-0.4, -0.2) is 41.2 Å². The first-order valence-corrected chi connectivity index (χ1v) is 11.8. The fourth-order valence-electron chi connectivity index (χ4n) is 4.47. The maximum absolute atomic E-state index is 12.9. The molecule has 0 bridgehead atoms. The molecule has 2 aromatic rings. The lowest BCUT2D eigenvalue weighted by Crippen LogP contribution is -2.41. The topological polar surface area (TPSA) is 85.3 Å². The highest BCUT2D eigenvalue weighted by Crippen LogP contribution is 2.31. The smallest absolute Gasteiger partial charge is 0.253 e. The third kappa shape index (κ3) is 6.67. The second-order valence-electron chi connectivity index (χ2n) is 9.91. The van der Waals surface area contributed by atoms with Gasteiger partial charge in [0.2, 0.25) is 5.91 Å². The highest BCUT2D eigenvalue weighted by Gasteiger charge is 2.37. The van der Waals surface area contributed by atoms with Gasteiger partial charge in [0.1, 0.15) is 5.84 Å². The lowest BCUT2D eigenvalue weighted by Gasteiger charge is -2.22. The summed E-state index contributed by atoms with van der Waals surface area (Å²) in [7, 11) is 0. The number of nitrogens with zero attached hydrogens (tertiary/aromatic N) is 1. The van der Waals surface area contributed by atoms with Crippen LogP contribution < -0.4 is 10.6 Å². The fourth-order valence-corrected chi connectivity index (χ4v) is 4.47. The van der Waals surface area contributed by atoms with Crippen molar-refractivity contribution in [1.82, 2.24) is 10.2 Å². The molecule has 1 aliphatic heterocycles. The van der Waals surface area contributed by atoms with Gasteiger partial charge in [0.05, 0.1) is 17.8 Å². The van der Waals surface area contributed by atoms with E-state index in [0.29, 0.717) is 29.5 Å². The molecule has 2 aromatic carbocycles. The maximum atomic E-state index is 12.9. The lowest BCUT2D eigenvalue weighted by atomic mass is 9.86. The van der Waals surface area contributed by atoms with Gasteiger partial charge in [-0.3, -0.25) is 15.0 Å². The summed E-state index contributed by atoms with van der Waals surface area (Å²) >= 11 is 0. The van der Waals surface area contributed by atoms with Gasteiger partial charge in [0.25, 0.3) is 5.91 Å². The molecule has 176 valence electrons. The molecule has 1 aliphatic rings. The largest absolute Gasteiger partial charge is 0.351 e. The number of amidine groups is 1. The Kier molecular flexibility index (Phi) is 7.90. The Balaban J connectivity index is 1.68. The van der Waals surface area contributed by atoms with Gasteiger partial charge in [0, 0.05) is 18.0 Å². The van der Waals surface area contributed by atoms with Crippen LogP contribution in [0, 0.1) is 17.2 Å². The zero-order valence-electron chi connectivity index (χ0n) is 20.2. The highest BCUT2D eigenvalue weighted by molar-refractivity contribution is 6.05. The van der Waals surface area contributed by atoms with E-state index in [1.807, 2.05) is 43.9 Å². The van der Waals surface area contributed by atoms with Crippen molar-refractivity contribution in [2.24, 2.45) is 11.8 Å². The zero-order valence-corrected chi connectivity index (χ0v) is 20.2. The van der Waals surface area contributed by atoms with Crippen molar-refractivity contribution in [3.63, 3.8) is 0 Å². The summed E-state index contributed by atoms with van der Waals surface area (Å²) in [6, 6.07) is 17.3. The maximum Gasteiger partial charge on any atom is 0.253 e. The van der Waals surface area contributed by atoms with Crippen LogP contribution in [0.2, 0.25) is 0 Å². The molecule has 1 heterocycles. The number of carbonyl (C=O) groups is 2. The number of hydrogen-bond donors (Lipinski definition) is 3. The van der Waals surface area contributed by atoms with Gasteiger partial charge in [0.15, 0.2) is 0 Å². The number of amides is 2. The van der Waals surface area contributed by atoms with E-state index in [9.17, 15) is 9.59 Å². The SMILES string of the molecule is CCCC1CN(CC(=O)Nc2ccccc2C(=O)NC(C)(C)C)C(=N)C1Cc1ccccc1. The van der Waals surface area contributed by atoms with Gasteiger partial charge >= 0.3 is 0 Å². The number of benzene rings is 2. The average Bonchev–Trinajstić information content (AvgIpc) is 3.02. The fraction of sp³-hybridized carbons (Fsp3) is 0.444. The number of hydrogen-bond acceptors (Lipinski definition) is 3. The summed E-state index contributed by atoms with van der Waals surface area (Å²) in [5.41, 5.74) is 1.77. The summed E-state index contributed by atoms with van der Waals surface area (Å²) in [5, 5.41) is 14.6. The lowest BCUT2D eigenvalue weighted by molar-refractivity contribution is -0.116. The van der Waals surface area contributed by atoms with E-state index in [1.54, 1.807) is 24.3 Å². The third-order valence-corrected chi connectivity index (χ3v) is 5.94. The summed E-state index contributed by atoms with van der Waals surface area (Å²) in [6.07, 6.45) is 2.91. The average molecular weight is 449 g/mol. The molecule has 2 amide bonds. The Hall–Kier alpha value is -3.15. The van der Waals surface area contributed by atoms with Crippen molar-refractivity contribution in [3.8, 4) is 0 Å². The summed E-state index contributed by atoms with van der Waals surface area (Å²) in [4.78, 5) is 27.5. The minimum Gasteiger partial charge on any atom is -0.351 e. The number of para-hydroxylation sites is 1. The van der Waals surface area contributed by atoms with Gasteiger partial charge < -0.3 is 15.5 Å². The van der Waals surface area contributed by atoms with Crippen molar-refractivity contribution < 1.29 is 9.59 Å². The predicted octanol–water partition coefficient (Wildman–Crippen LogP) is 4.72. The van der Waals surface area contributed by atoms with Gasteiger partial charge in [-0.15, -0.1) is 0 Å². The van der Waals surface area contributed by atoms with E-state index >= 15 is 0 Å². The Morgan fingerprint density at radius 2 is 1.73 bits per heavy atom. The molecule has 33 heavy (non-hydrogen) atoms. The standard InChI is InChI=1S/C27H36N4O2/c1-5-11-20-17-31(25(28)22(20)16-19-12-7-6-8-13-19)18-24(32)29-23-15-10-9-14-21(23)26(33)30-27(2,3)4/h6-10,12-15,20,22,28H,5,11,16-18H2,1-4H3,(H,29,32)(H,30,33). The van der Waals surface area contributed by atoms with E-state index in [4.69, 9.17) is 5.41 Å². The van der Waals surface area contributed by atoms with Crippen molar-refractivity contribution in [1.29, 1.82) is 5.41 Å². The van der Waals surface area contributed by atoms with Crippen molar-refractivity contribution in [3.05, 3.63) is 65.7 Å². The molecular formula is C27H36N4O2. The first-order chi connectivity index (χ1) is 15.7. The quantitative estimate of drug-likeness (QED) is 0.546. The predicted molar refractivity (Wildman–Crippen MR) is 134 cm³/mol. The van der Waals surface area contributed by atoms with Crippen LogP contribution in [0.3, 0.4) is 0 Å². The molecule has 2 atom stereocenters. The molecular weight excluding hydrogens is 412 g/mol.